The molecule has 0 aliphatic heterocycles. The largest absolute Gasteiger partial charge is 0.462 e. The number of unbranched alkanes of at least 4 members (excludes halogenated alkanes) is 12. The Hall–Kier alpha value is -4.71. The molecule has 1 unspecified atom stereocenters. The van der Waals surface area contributed by atoms with Gasteiger partial charge in [0.05, 0.1) is 0 Å². The molecule has 0 amide bonds. The van der Waals surface area contributed by atoms with Gasteiger partial charge in [0.2, 0.25) is 0 Å². The molecule has 0 aliphatic rings. The summed E-state index contributed by atoms with van der Waals surface area (Å²) in [5.74, 6) is -1.05. The molecule has 0 radical (unpaired) electrons. The number of carbonyl (C=O) groups is 3. The maximum absolute atomic E-state index is 12.8. The Morgan fingerprint density at radius 1 is 0.290 bits per heavy atom. The van der Waals surface area contributed by atoms with Gasteiger partial charge in [-0.15, -0.1) is 0 Å². The quantitative estimate of drug-likeness (QED) is 0.0262. The smallest absolute Gasteiger partial charge is 0.306 e. The van der Waals surface area contributed by atoms with Gasteiger partial charge in [-0.3, -0.25) is 14.4 Å². The molecular formula is C63H98O6. The maximum Gasteiger partial charge on any atom is 0.306 e. The summed E-state index contributed by atoms with van der Waals surface area (Å²) in [5.41, 5.74) is 0. The summed E-state index contributed by atoms with van der Waals surface area (Å²) in [7, 11) is 0. The molecule has 0 rings (SSSR count). The van der Waals surface area contributed by atoms with Gasteiger partial charge in [0.25, 0.3) is 0 Å². The summed E-state index contributed by atoms with van der Waals surface area (Å²) in [6.07, 6.45) is 79.9. The van der Waals surface area contributed by atoms with E-state index in [9.17, 15) is 14.4 Å². The Labute approximate surface area is 423 Å². The SMILES string of the molecule is CC/C=C\C/C=C\C/C=C\C/C=C\CCCCCCCCCCC(=O)OCC(COC(=O)CC/C=C\C/C=C\C/C=C\C/C=C\CC)OC(=O)CCCCCC/C=C\C/C=C\C/C=C\C/C=C\CC. The van der Waals surface area contributed by atoms with Crippen molar-refractivity contribution in [1.29, 1.82) is 0 Å². The highest BCUT2D eigenvalue weighted by atomic mass is 16.6. The van der Waals surface area contributed by atoms with E-state index >= 15 is 0 Å². The van der Waals surface area contributed by atoms with Crippen molar-refractivity contribution < 1.29 is 28.6 Å². The van der Waals surface area contributed by atoms with Crippen molar-refractivity contribution in [3.8, 4) is 0 Å². The van der Waals surface area contributed by atoms with Crippen molar-refractivity contribution >= 4 is 17.9 Å². The average molecular weight is 951 g/mol. The van der Waals surface area contributed by atoms with Crippen LogP contribution in [0.3, 0.4) is 0 Å². The fraction of sp³-hybridized carbons (Fsp3) is 0.571. The van der Waals surface area contributed by atoms with Crippen molar-refractivity contribution in [3.63, 3.8) is 0 Å². The van der Waals surface area contributed by atoms with Gasteiger partial charge in [0, 0.05) is 19.3 Å². The highest BCUT2D eigenvalue weighted by Crippen LogP contribution is 2.13. The molecule has 0 N–H and O–H groups in total. The Bertz CT molecular complexity index is 1560. The first kappa shape index (κ1) is 64.3. The van der Waals surface area contributed by atoms with Gasteiger partial charge in [-0.25, -0.2) is 0 Å². The van der Waals surface area contributed by atoms with E-state index in [2.05, 4.69) is 154 Å². The summed E-state index contributed by atoms with van der Waals surface area (Å²) in [4.78, 5) is 38.1. The van der Waals surface area contributed by atoms with Crippen molar-refractivity contribution in [2.24, 2.45) is 0 Å². The molecule has 69 heavy (non-hydrogen) atoms. The summed E-state index contributed by atoms with van der Waals surface area (Å²) >= 11 is 0. The fourth-order valence-electron chi connectivity index (χ4n) is 6.85. The lowest BCUT2D eigenvalue weighted by atomic mass is 10.1. The number of rotatable bonds is 47. The van der Waals surface area contributed by atoms with Crippen LogP contribution < -0.4 is 0 Å². The number of hydrogen-bond donors (Lipinski definition) is 0. The van der Waals surface area contributed by atoms with E-state index in [0.717, 1.165) is 135 Å². The lowest BCUT2D eigenvalue weighted by molar-refractivity contribution is -0.166. The van der Waals surface area contributed by atoms with Crippen LogP contribution in [0.2, 0.25) is 0 Å². The molecule has 0 fully saturated rings. The van der Waals surface area contributed by atoms with E-state index in [1.165, 1.54) is 32.1 Å². The van der Waals surface area contributed by atoms with E-state index in [0.29, 0.717) is 12.8 Å². The first-order valence-electron chi connectivity index (χ1n) is 27.3. The standard InChI is InChI=1S/C63H98O6/c1-4-7-10-13-16-19-22-25-27-29-30-31-32-34-35-38-41-44-47-50-53-56-62(65)68-59-60(58-67-61(64)55-52-49-46-43-40-37-24-21-18-15-12-9-6-3)69-63(66)57-54-51-48-45-42-39-36-33-28-26-23-20-17-14-11-8-5-2/h7-12,16-21,25-28,30-31,36-37,39-40,46,49,60H,4-6,13-15,22-24,29,32-35,38,41-45,47-48,50-59H2,1-3H3/b10-7-,11-8-,12-9-,19-16-,20-17-,21-18-,27-25-,28-26-,31-30-,39-36-,40-37-,49-46-. The van der Waals surface area contributed by atoms with Crippen LogP contribution in [0.5, 0.6) is 0 Å². The summed E-state index contributed by atoms with van der Waals surface area (Å²) in [6.45, 7) is 6.19. The molecular weight excluding hydrogens is 853 g/mol. The minimum Gasteiger partial charge on any atom is -0.462 e. The Kier molecular flexibility index (Phi) is 52.1. The summed E-state index contributed by atoms with van der Waals surface area (Å²) < 4.78 is 16.7. The van der Waals surface area contributed by atoms with Gasteiger partial charge in [0.15, 0.2) is 6.10 Å². The number of hydrogen-bond acceptors (Lipinski definition) is 6. The molecule has 0 spiro atoms. The lowest BCUT2D eigenvalue weighted by Gasteiger charge is -2.18. The Morgan fingerprint density at radius 3 is 0.899 bits per heavy atom. The monoisotopic (exact) mass is 951 g/mol. The van der Waals surface area contributed by atoms with Crippen molar-refractivity contribution in [2.45, 2.75) is 219 Å². The van der Waals surface area contributed by atoms with Gasteiger partial charge >= 0.3 is 17.9 Å². The third-order valence-corrected chi connectivity index (χ3v) is 10.8. The van der Waals surface area contributed by atoms with E-state index in [4.69, 9.17) is 14.2 Å². The molecule has 0 saturated heterocycles. The number of allylic oxidation sites excluding steroid dienone is 24. The molecule has 0 bridgehead atoms. The second kappa shape index (κ2) is 55.9. The van der Waals surface area contributed by atoms with Crippen LogP contribution in [0.25, 0.3) is 0 Å². The number of ether oxygens (including phenoxy) is 3. The molecule has 6 heteroatoms. The van der Waals surface area contributed by atoms with E-state index < -0.39 is 6.10 Å². The molecule has 0 saturated carbocycles. The van der Waals surface area contributed by atoms with Crippen LogP contribution in [0, 0.1) is 0 Å². The van der Waals surface area contributed by atoms with Gasteiger partial charge in [-0.05, 0) is 122 Å². The van der Waals surface area contributed by atoms with E-state index in [-0.39, 0.29) is 44.0 Å². The van der Waals surface area contributed by atoms with Gasteiger partial charge in [0.1, 0.15) is 13.2 Å². The predicted molar refractivity (Wildman–Crippen MR) is 297 cm³/mol. The highest BCUT2D eigenvalue weighted by molar-refractivity contribution is 5.71. The third kappa shape index (κ3) is 54.1. The molecule has 0 aromatic carbocycles. The zero-order valence-electron chi connectivity index (χ0n) is 44.0. The molecule has 0 aliphatic carbocycles. The highest BCUT2D eigenvalue weighted by Gasteiger charge is 2.19. The van der Waals surface area contributed by atoms with Gasteiger partial charge < -0.3 is 14.2 Å². The molecule has 0 aromatic rings. The van der Waals surface area contributed by atoms with Crippen LogP contribution >= 0.6 is 0 Å². The fourth-order valence-corrected chi connectivity index (χ4v) is 6.85. The average Bonchev–Trinajstić information content (AvgIpc) is 3.35. The van der Waals surface area contributed by atoms with Crippen LogP contribution in [0.15, 0.2) is 146 Å². The number of carbonyl (C=O) groups excluding carboxylic acids is 3. The van der Waals surface area contributed by atoms with Crippen LogP contribution in [-0.2, 0) is 28.6 Å². The van der Waals surface area contributed by atoms with Crippen molar-refractivity contribution in [2.75, 3.05) is 13.2 Å². The topological polar surface area (TPSA) is 78.9 Å². The second-order valence-corrected chi connectivity index (χ2v) is 17.3. The molecule has 6 nitrogen and oxygen atoms in total. The predicted octanol–water partition coefficient (Wildman–Crippen LogP) is 18.4. The van der Waals surface area contributed by atoms with Crippen LogP contribution in [0.4, 0.5) is 0 Å². The number of esters is 3. The molecule has 0 heterocycles. The molecule has 1 atom stereocenters. The Morgan fingerprint density at radius 2 is 0.551 bits per heavy atom. The molecule has 0 aromatic heterocycles. The molecule has 386 valence electrons. The van der Waals surface area contributed by atoms with E-state index in [1.54, 1.807) is 0 Å². The zero-order chi connectivity index (χ0) is 50.0. The second-order valence-electron chi connectivity index (χ2n) is 17.3. The Balaban J connectivity index is 4.51. The van der Waals surface area contributed by atoms with Crippen LogP contribution in [0.1, 0.15) is 213 Å². The first-order valence-corrected chi connectivity index (χ1v) is 27.3. The maximum atomic E-state index is 12.8. The minimum atomic E-state index is -0.830. The normalized spacial score (nSPS) is 13.3. The van der Waals surface area contributed by atoms with E-state index in [1.807, 2.05) is 12.2 Å². The minimum absolute atomic E-state index is 0.121. The first-order chi connectivity index (χ1) is 34.0. The van der Waals surface area contributed by atoms with Gasteiger partial charge in [-0.2, -0.15) is 0 Å². The van der Waals surface area contributed by atoms with Crippen molar-refractivity contribution in [3.05, 3.63) is 146 Å². The third-order valence-electron chi connectivity index (χ3n) is 10.8. The van der Waals surface area contributed by atoms with Crippen LogP contribution in [-0.4, -0.2) is 37.2 Å². The van der Waals surface area contributed by atoms with Gasteiger partial charge in [-0.1, -0.05) is 218 Å². The van der Waals surface area contributed by atoms with Crippen molar-refractivity contribution in [1.82, 2.24) is 0 Å². The summed E-state index contributed by atoms with van der Waals surface area (Å²) in [5, 5.41) is 0. The summed E-state index contributed by atoms with van der Waals surface area (Å²) in [6, 6.07) is 0. The lowest BCUT2D eigenvalue weighted by Crippen LogP contribution is -2.30. The zero-order valence-corrected chi connectivity index (χ0v) is 44.0.